The normalized spacial score (nSPS) is 10.2. The van der Waals surface area contributed by atoms with Crippen molar-refractivity contribution < 1.29 is 19.1 Å². The van der Waals surface area contributed by atoms with E-state index in [-0.39, 0.29) is 24.8 Å². The van der Waals surface area contributed by atoms with Crippen molar-refractivity contribution in [2.75, 3.05) is 26.1 Å². The molecule has 0 aliphatic rings. The molecule has 0 aliphatic carbocycles. The summed E-state index contributed by atoms with van der Waals surface area (Å²) >= 11 is 0. The Bertz CT molecular complexity index is 798. The van der Waals surface area contributed by atoms with Crippen LogP contribution in [-0.4, -0.2) is 32.6 Å². The fourth-order valence-electron chi connectivity index (χ4n) is 2.76. The molecule has 0 heterocycles. The first kappa shape index (κ1) is 20.3. The van der Waals surface area contributed by atoms with Gasteiger partial charge in [-0.25, -0.2) is 0 Å². The van der Waals surface area contributed by atoms with Crippen molar-refractivity contribution in [3.8, 4) is 11.5 Å². The third kappa shape index (κ3) is 5.74. The molecule has 2 amide bonds. The summed E-state index contributed by atoms with van der Waals surface area (Å²) in [5.74, 6) is 0.852. The van der Waals surface area contributed by atoms with Gasteiger partial charge < -0.3 is 20.1 Å². The summed E-state index contributed by atoms with van der Waals surface area (Å²) in [6, 6.07) is 11.4. The highest BCUT2D eigenvalue weighted by Crippen LogP contribution is 2.27. The molecule has 2 aromatic carbocycles. The summed E-state index contributed by atoms with van der Waals surface area (Å²) in [6.07, 6.45) is 0.830. The second-order valence-corrected chi connectivity index (χ2v) is 6.28. The lowest BCUT2D eigenvalue weighted by Gasteiger charge is -2.12. The Balaban J connectivity index is 1.81. The standard InChI is InChI=1S/C21H26N2O4/c1-14-6-5-7-15(2)21(14)23-20(25)13-22-19(24)11-9-16-8-10-17(26-3)18(12-16)27-4/h5-8,10,12H,9,11,13H2,1-4H3,(H,22,24)(H,23,25). The van der Waals surface area contributed by atoms with E-state index in [9.17, 15) is 9.59 Å². The van der Waals surface area contributed by atoms with Crippen LogP contribution in [0.5, 0.6) is 11.5 Å². The minimum absolute atomic E-state index is 0.0570. The Morgan fingerprint density at radius 1 is 0.926 bits per heavy atom. The SMILES string of the molecule is COc1ccc(CCC(=O)NCC(=O)Nc2c(C)cccc2C)cc1OC. The minimum atomic E-state index is -0.244. The minimum Gasteiger partial charge on any atom is -0.493 e. The zero-order valence-corrected chi connectivity index (χ0v) is 16.2. The van der Waals surface area contributed by atoms with Crippen LogP contribution in [0.25, 0.3) is 0 Å². The van der Waals surface area contributed by atoms with Gasteiger partial charge in [0.1, 0.15) is 0 Å². The first-order valence-electron chi connectivity index (χ1n) is 8.78. The van der Waals surface area contributed by atoms with Gasteiger partial charge in [-0.2, -0.15) is 0 Å². The first-order valence-corrected chi connectivity index (χ1v) is 8.78. The van der Waals surface area contributed by atoms with Gasteiger partial charge in [-0.15, -0.1) is 0 Å². The zero-order chi connectivity index (χ0) is 19.8. The van der Waals surface area contributed by atoms with Crippen LogP contribution in [0.1, 0.15) is 23.1 Å². The Kier molecular flexibility index (Phi) is 7.23. The molecule has 6 nitrogen and oxygen atoms in total. The maximum Gasteiger partial charge on any atom is 0.243 e. The Morgan fingerprint density at radius 2 is 1.59 bits per heavy atom. The summed E-state index contributed by atoms with van der Waals surface area (Å²) in [6.45, 7) is 3.81. The van der Waals surface area contributed by atoms with E-state index in [1.54, 1.807) is 14.2 Å². The van der Waals surface area contributed by atoms with Crippen LogP contribution in [-0.2, 0) is 16.0 Å². The number of aryl methyl sites for hydroxylation is 3. The van der Waals surface area contributed by atoms with Crippen LogP contribution in [0.15, 0.2) is 36.4 Å². The maximum atomic E-state index is 12.1. The van der Waals surface area contributed by atoms with E-state index in [4.69, 9.17) is 9.47 Å². The average Bonchev–Trinajstić information content (AvgIpc) is 2.67. The molecule has 2 aromatic rings. The number of ether oxygens (including phenoxy) is 2. The maximum absolute atomic E-state index is 12.1. The van der Waals surface area contributed by atoms with Crippen molar-refractivity contribution in [2.24, 2.45) is 0 Å². The molecule has 0 saturated carbocycles. The first-order chi connectivity index (χ1) is 12.9. The molecule has 0 aromatic heterocycles. The van der Waals surface area contributed by atoms with Gasteiger partial charge in [0.05, 0.1) is 20.8 Å². The summed E-state index contributed by atoms with van der Waals surface area (Å²) in [7, 11) is 3.15. The quantitative estimate of drug-likeness (QED) is 0.749. The number of amides is 2. The third-order valence-corrected chi connectivity index (χ3v) is 4.28. The lowest BCUT2D eigenvalue weighted by Crippen LogP contribution is -2.33. The second-order valence-electron chi connectivity index (χ2n) is 6.28. The van der Waals surface area contributed by atoms with E-state index in [0.29, 0.717) is 17.9 Å². The van der Waals surface area contributed by atoms with Crippen LogP contribution in [0.2, 0.25) is 0 Å². The van der Waals surface area contributed by atoms with Gasteiger partial charge in [0.2, 0.25) is 11.8 Å². The number of anilines is 1. The fourth-order valence-corrected chi connectivity index (χ4v) is 2.76. The zero-order valence-electron chi connectivity index (χ0n) is 16.2. The van der Waals surface area contributed by atoms with Gasteiger partial charge >= 0.3 is 0 Å². The fraction of sp³-hybridized carbons (Fsp3) is 0.333. The molecule has 2 rings (SSSR count). The van der Waals surface area contributed by atoms with Gasteiger partial charge in [0.25, 0.3) is 0 Å². The third-order valence-electron chi connectivity index (χ3n) is 4.28. The topological polar surface area (TPSA) is 76.7 Å². The molecular weight excluding hydrogens is 344 g/mol. The molecule has 2 N–H and O–H groups in total. The van der Waals surface area contributed by atoms with Crippen LogP contribution in [0.4, 0.5) is 5.69 Å². The molecule has 0 unspecified atom stereocenters. The van der Waals surface area contributed by atoms with Gasteiger partial charge in [-0.3, -0.25) is 9.59 Å². The number of nitrogens with one attached hydrogen (secondary N) is 2. The van der Waals surface area contributed by atoms with Crippen LogP contribution < -0.4 is 20.1 Å². The van der Waals surface area contributed by atoms with E-state index < -0.39 is 0 Å². The summed E-state index contributed by atoms with van der Waals surface area (Å²) in [5.41, 5.74) is 3.73. The number of rotatable bonds is 8. The largest absolute Gasteiger partial charge is 0.493 e. The summed E-state index contributed by atoms with van der Waals surface area (Å²) < 4.78 is 10.5. The van der Waals surface area contributed by atoms with Crippen LogP contribution in [0.3, 0.4) is 0 Å². The Labute approximate surface area is 159 Å². The van der Waals surface area contributed by atoms with Crippen molar-refractivity contribution >= 4 is 17.5 Å². The smallest absolute Gasteiger partial charge is 0.243 e. The number of carbonyl (C=O) groups excluding carboxylic acids is 2. The lowest BCUT2D eigenvalue weighted by molar-refractivity contribution is -0.124. The number of hydrogen-bond donors (Lipinski definition) is 2. The van der Waals surface area contributed by atoms with Gasteiger partial charge in [-0.1, -0.05) is 24.3 Å². The number of methoxy groups -OCH3 is 2. The number of carbonyl (C=O) groups is 2. The van der Waals surface area contributed by atoms with E-state index in [1.165, 1.54) is 0 Å². The van der Waals surface area contributed by atoms with Crippen LogP contribution >= 0.6 is 0 Å². The van der Waals surface area contributed by atoms with E-state index in [1.807, 2.05) is 50.2 Å². The van der Waals surface area contributed by atoms with Crippen molar-refractivity contribution in [1.82, 2.24) is 5.32 Å². The van der Waals surface area contributed by atoms with E-state index >= 15 is 0 Å². The molecule has 0 atom stereocenters. The summed E-state index contributed by atoms with van der Waals surface area (Å²) in [4.78, 5) is 24.1. The predicted octanol–water partition coefficient (Wildman–Crippen LogP) is 3.01. The molecule has 0 spiro atoms. The second kappa shape index (κ2) is 9.62. The number of para-hydroxylation sites is 1. The molecule has 0 radical (unpaired) electrons. The molecule has 144 valence electrons. The van der Waals surface area contributed by atoms with Gasteiger partial charge in [0.15, 0.2) is 11.5 Å². The average molecular weight is 370 g/mol. The monoisotopic (exact) mass is 370 g/mol. The summed E-state index contributed by atoms with van der Waals surface area (Å²) in [5, 5.41) is 5.51. The van der Waals surface area contributed by atoms with E-state index in [2.05, 4.69) is 10.6 Å². The Morgan fingerprint density at radius 3 is 2.22 bits per heavy atom. The highest BCUT2D eigenvalue weighted by molar-refractivity contribution is 5.95. The molecule has 0 aliphatic heterocycles. The van der Waals surface area contributed by atoms with Gasteiger partial charge in [0, 0.05) is 12.1 Å². The predicted molar refractivity (Wildman–Crippen MR) is 105 cm³/mol. The molecular formula is C21H26N2O4. The van der Waals surface area contributed by atoms with Crippen molar-refractivity contribution in [3.63, 3.8) is 0 Å². The van der Waals surface area contributed by atoms with Crippen molar-refractivity contribution in [2.45, 2.75) is 26.7 Å². The molecule has 27 heavy (non-hydrogen) atoms. The van der Waals surface area contributed by atoms with E-state index in [0.717, 1.165) is 22.4 Å². The van der Waals surface area contributed by atoms with Crippen molar-refractivity contribution in [3.05, 3.63) is 53.1 Å². The lowest BCUT2D eigenvalue weighted by atomic mass is 10.1. The number of benzene rings is 2. The highest BCUT2D eigenvalue weighted by Gasteiger charge is 2.10. The van der Waals surface area contributed by atoms with Crippen molar-refractivity contribution in [1.29, 1.82) is 0 Å². The van der Waals surface area contributed by atoms with Crippen LogP contribution in [0, 0.1) is 13.8 Å². The molecule has 6 heteroatoms. The highest BCUT2D eigenvalue weighted by atomic mass is 16.5. The molecule has 0 saturated heterocycles. The molecule has 0 fully saturated rings. The Hall–Kier alpha value is -3.02. The number of hydrogen-bond acceptors (Lipinski definition) is 4. The molecule has 0 bridgehead atoms. The van der Waals surface area contributed by atoms with Gasteiger partial charge in [-0.05, 0) is 49.1 Å².